The molecule has 3 aromatic carbocycles. The number of carbonyl (C=O) groups excluding carboxylic acids is 1. The van der Waals surface area contributed by atoms with Crippen LogP contribution in [0.3, 0.4) is 0 Å². The average Bonchev–Trinajstić information content (AvgIpc) is 3.60. The lowest BCUT2D eigenvalue weighted by Crippen LogP contribution is -2.46. The second kappa shape index (κ2) is 10.9. The van der Waals surface area contributed by atoms with Crippen LogP contribution in [0.15, 0.2) is 91.7 Å². The first kappa shape index (κ1) is 25.7. The van der Waals surface area contributed by atoms with Gasteiger partial charge in [0, 0.05) is 10.0 Å². The van der Waals surface area contributed by atoms with Crippen molar-refractivity contribution in [3.05, 3.63) is 99.0 Å². The van der Waals surface area contributed by atoms with Crippen LogP contribution in [0.4, 0.5) is 0 Å². The van der Waals surface area contributed by atoms with Gasteiger partial charge in [0.15, 0.2) is 0 Å². The molecule has 6 rings (SSSR count). The van der Waals surface area contributed by atoms with Gasteiger partial charge in [-0.05, 0) is 48.0 Å². The van der Waals surface area contributed by atoms with E-state index in [1.54, 1.807) is 19.2 Å². The van der Waals surface area contributed by atoms with Crippen molar-refractivity contribution in [1.29, 1.82) is 0 Å². The summed E-state index contributed by atoms with van der Waals surface area (Å²) in [5.74, 6) is 1.78. The van der Waals surface area contributed by atoms with Gasteiger partial charge in [-0.25, -0.2) is 9.99 Å². The minimum Gasteiger partial charge on any atom is -0.497 e. The molecule has 0 bridgehead atoms. The maximum absolute atomic E-state index is 13.9. The Kier molecular flexibility index (Phi) is 7.15. The molecule has 1 fully saturated rings. The lowest BCUT2D eigenvalue weighted by Gasteiger charge is -2.28. The summed E-state index contributed by atoms with van der Waals surface area (Å²) in [4.78, 5) is 32.0. The summed E-state index contributed by atoms with van der Waals surface area (Å²) >= 11 is 6.15. The Balaban J connectivity index is 1.40. The number of halogens is 1. The fourth-order valence-corrected chi connectivity index (χ4v) is 6.41. The van der Waals surface area contributed by atoms with Crippen molar-refractivity contribution in [2.45, 2.75) is 16.3 Å². The summed E-state index contributed by atoms with van der Waals surface area (Å²) in [6, 6.07) is 22.3. The van der Waals surface area contributed by atoms with E-state index in [0.29, 0.717) is 33.6 Å². The van der Waals surface area contributed by atoms with Crippen LogP contribution in [0.5, 0.6) is 5.75 Å². The van der Waals surface area contributed by atoms with Crippen molar-refractivity contribution in [3.63, 3.8) is 0 Å². The van der Waals surface area contributed by atoms with Crippen LogP contribution in [0.2, 0.25) is 0 Å². The van der Waals surface area contributed by atoms with E-state index in [4.69, 9.17) is 14.1 Å². The Bertz CT molecular complexity index is 1730. The minimum atomic E-state index is -0.413. The van der Waals surface area contributed by atoms with E-state index in [1.807, 2.05) is 60.7 Å². The van der Waals surface area contributed by atoms with E-state index in [-0.39, 0.29) is 23.0 Å². The predicted octanol–water partition coefficient (Wildman–Crippen LogP) is 5.42. The van der Waals surface area contributed by atoms with Gasteiger partial charge >= 0.3 is 0 Å². The number of nitrogens with zero attached hydrogens (tertiary/aromatic N) is 5. The zero-order chi connectivity index (χ0) is 26.9. The van der Waals surface area contributed by atoms with Crippen molar-refractivity contribution in [2.24, 2.45) is 0 Å². The quantitative estimate of drug-likeness (QED) is 0.220. The third-order valence-electron chi connectivity index (χ3n) is 6.09. The van der Waals surface area contributed by atoms with Crippen molar-refractivity contribution in [2.75, 3.05) is 17.9 Å². The third-order valence-corrected chi connectivity index (χ3v) is 8.60. The van der Waals surface area contributed by atoms with Gasteiger partial charge in [0.2, 0.25) is 5.89 Å². The van der Waals surface area contributed by atoms with E-state index < -0.39 is 5.37 Å². The van der Waals surface area contributed by atoms with Gasteiger partial charge in [-0.1, -0.05) is 58.0 Å². The second-order valence-electron chi connectivity index (χ2n) is 8.51. The molecule has 0 radical (unpaired) electrons. The van der Waals surface area contributed by atoms with Crippen molar-refractivity contribution < 1.29 is 13.9 Å². The van der Waals surface area contributed by atoms with Gasteiger partial charge in [-0.15, -0.1) is 22.0 Å². The van der Waals surface area contributed by atoms with E-state index in [1.165, 1.54) is 33.2 Å². The molecule has 1 saturated heterocycles. The molecule has 9 nitrogen and oxygen atoms in total. The van der Waals surface area contributed by atoms with Gasteiger partial charge in [0.05, 0.1) is 29.5 Å². The Morgan fingerprint density at radius 2 is 1.87 bits per heavy atom. The molecule has 1 amide bonds. The SMILES string of the molecule is COc1ccc(C2SCC(=O)N2n2c(CSc3nnc(-c4ccccc4)o3)nc3ccc(Br)cc3c2=O)cc1. The molecule has 0 N–H and O–H groups in total. The van der Waals surface area contributed by atoms with Gasteiger partial charge in [0.25, 0.3) is 16.7 Å². The lowest BCUT2D eigenvalue weighted by atomic mass is 10.2. The molecule has 0 aliphatic carbocycles. The fourth-order valence-electron chi connectivity index (χ4n) is 4.24. The normalized spacial score (nSPS) is 15.3. The summed E-state index contributed by atoms with van der Waals surface area (Å²) in [5, 5.41) is 10.1. The first-order valence-electron chi connectivity index (χ1n) is 11.8. The van der Waals surface area contributed by atoms with Crippen molar-refractivity contribution >= 4 is 56.3 Å². The van der Waals surface area contributed by atoms with Crippen LogP contribution in [0.25, 0.3) is 22.4 Å². The lowest BCUT2D eigenvalue weighted by molar-refractivity contribution is -0.117. The highest BCUT2D eigenvalue weighted by Crippen LogP contribution is 2.38. The molecule has 12 heteroatoms. The summed E-state index contributed by atoms with van der Waals surface area (Å²) in [6.07, 6.45) is 0. The number of fused-ring (bicyclic) bond motifs is 1. The minimum absolute atomic E-state index is 0.186. The zero-order valence-electron chi connectivity index (χ0n) is 20.5. The van der Waals surface area contributed by atoms with Crippen LogP contribution < -0.4 is 15.3 Å². The number of ether oxygens (including phenoxy) is 1. The standard InChI is InChI=1S/C27H20BrN5O4S2/c1-36-19-10-7-17(8-11-19)26-33(23(34)15-38-26)32-22(29-21-12-9-18(28)13-20(21)25(32)35)14-39-27-31-30-24(37-27)16-5-3-2-4-6-16/h2-13,26H,14-15H2,1H3. The Labute approximate surface area is 239 Å². The predicted molar refractivity (Wildman–Crippen MR) is 154 cm³/mol. The Hall–Kier alpha value is -3.61. The molecule has 196 valence electrons. The molecular weight excluding hydrogens is 602 g/mol. The monoisotopic (exact) mass is 621 g/mol. The number of carbonyl (C=O) groups is 1. The van der Waals surface area contributed by atoms with E-state index in [9.17, 15) is 9.59 Å². The Morgan fingerprint density at radius 3 is 2.64 bits per heavy atom. The van der Waals surface area contributed by atoms with Gasteiger partial charge in [-0.2, -0.15) is 4.68 Å². The second-order valence-corrected chi connectivity index (χ2v) is 11.4. The number of aromatic nitrogens is 4. The number of hydrogen-bond donors (Lipinski definition) is 0. The molecule has 1 atom stereocenters. The van der Waals surface area contributed by atoms with Crippen molar-refractivity contribution in [3.8, 4) is 17.2 Å². The molecule has 0 saturated carbocycles. The molecular formula is C27H20BrN5O4S2. The highest BCUT2D eigenvalue weighted by Gasteiger charge is 2.37. The third kappa shape index (κ3) is 5.07. The maximum atomic E-state index is 13.9. The molecule has 0 spiro atoms. The van der Waals surface area contributed by atoms with E-state index in [2.05, 4.69) is 26.1 Å². The zero-order valence-corrected chi connectivity index (χ0v) is 23.7. The molecule has 39 heavy (non-hydrogen) atoms. The van der Waals surface area contributed by atoms with Crippen LogP contribution in [-0.2, 0) is 10.5 Å². The number of benzene rings is 3. The summed E-state index contributed by atoms with van der Waals surface area (Å²) in [5.41, 5.74) is 1.88. The van der Waals surface area contributed by atoms with Gasteiger partial charge in [0.1, 0.15) is 16.9 Å². The number of amides is 1. The molecule has 1 aliphatic heterocycles. The molecule has 3 heterocycles. The van der Waals surface area contributed by atoms with Crippen LogP contribution >= 0.6 is 39.5 Å². The van der Waals surface area contributed by atoms with E-state index >= 15 is 0 Å². The molecule has 1 aliphatic rings. The van der Waals surface area contributed by atoms with E-state index in [0.717, 1.165) is 15.6 Å². The Morgan fingerprint density at radius 1 is 1.08 bits per heavy atom. The summed E-state index contributed by atoms with van der Waals surface area (Å²) in [7, 11) is 1.60. The van der Waals surface area contributed by atoms with Crippen LogP contribution in [0.1, 0.15) is 16.8 Å². The van der Waals surface area contributed by atoms with Gasteiger partial charge < -0.3 is 9.15 Å². The maximum Gasteiger partial charge on any atom is 0.280 e. The average molecular weight is 623 g/mol. The number of thioether (sulfide) groups is 2. The van der Waals surface area contributed by atoms with Crippen molar-refractivity contribution in [1.82, 2.24) is 19.9 Å². The smallest absolute Gasteiger partial charge is 0.280 e. The molecule has 5 aromatic rings. The number of rotatable bonds is 7. The van der Waals surface area contributed by atoms with Gasteiger partial charge in [-0.3, -0.25) is 9.59 Å². The molecule has 1 unspecified atom stereocenters. The van der Waals surface area contributed by atoms with Crippen LogP contribution in [0, 0.1) is 0 Å². The first-order valence-corrected chi connectivity index (χ1v) is 14.7. The number of hydrogen-bond acceptors (Lipinski definition) is 9. The first-order chi connectivity index (χ1) is 19.0. The number of methoxy groups -OCH3 is 1. The highest BCUT2D eigenvalue weighted by molar-refractivity contribution is 9.10. The largest absolute Gasteiger partial charge is 0.497 e. The highest BCUT2D eigenvalue weighted by atomic mass is 79.9. The topological polar surface area (TPSA) is 103 Å². The summed E-state index contributed by atoms with van der Waals surface area (Å²) in [6.45, 7) is 0. The molecule has 2 aromatic heterocycles. The van der Waals surface area contributed by atoms with Crippen LogP contribution in [-0.4, -0.2) is 38.6 Å². The fraction of sp³-hybridized carbons (Fsp3) is 0.148. The summed E-state index contributed by atoms with van der Waals surface area (Å²) < 4.78 is 13.3.